The van der Waals surface area contributed by atoms with E-state index in [2.05, 4.69) is 15.5 Å². The van der Waals surface area contributed by atoms with Gasteiger partial charge in [0.05, 0.1) is 18.2 Å². The number of carbonyl (C=O) groups excluding carboxylic acids is 1. The van der Waals surface area contributed by atoms with Gasteiger partial charge in [-0.3, -0.25) is 4.79 Å². The molecule has 1 N–H and O–H groups in total. The quantitative estimate of drug-likeness (QED) is 0.939. The van der Waals surface area contributed by atoms with Crippen LogP contribution in [-0.2, 0) is 9.53 Å². The van der Waals surface area contributed by atoms with Gasteiger partial charge in [0.25, 0.3) is 5.89 Å². The van der Waals surface area contributed by atoms with Gasteiger partial charge in [-0.25, -0.2) is 0 Å². The summed E-state index contributed by atoms with van der Waals surface area (Å²) in [6.45, 7) is 1.15. The largest absolute Gasteiger partial charge is 0.381 e. The molecule has 4 rings (SSSR count). The van der Waals surface area contributed by atoms with Gasteiger partial charge in [-0.1, -0.05) is 5.16 Å². The third kappa shape index (κ3) is 2.58. The van der Waals surface area contributed by atoms with E-state index in [9.17, 15) is 4.79 Å². The van der Waals surface area contributed by atoms with E-state index in [0.717, 1.165) is 35.7 Å². The van der Waals surface area contributed by atoms with Gasteiger partial charge in [0.15, 0.2) is 5.82 Å². The molecule has 0 radical (unpaired) electrons. The maximum Gasteiger partial charge on any atom is 0.270 e. The number of carbonyl (C=O) groups is 1. The van der Waals surface area contributed by atoms with Gasteiger partial charge in [-0.2, -0.15) is 4.98 Å². The Morgan fingerprint density at radius 2 is 2.29 bits per heavy atom. The predicted octanol–water partition coefficient (Wildman–Crippen LogP) is 2.65. The highest BCUT2D eigenvalue weighted by Gasteiger charge is 2.30. The van der Waals surface area contributed by atoms with Crippen molar-refractivity contribution in [2.24, 2.45) is 5.92 Å². The smallest absolute Gasteiger partial charge is 0.270 e. The van der Waals surface area contributed by atoms with Crippen LogP contribution in [0.25, 0.3) is 10.8 Å². The zero-order valence-electron chi connectivity index (χ0n) is 11.4. The minimum atomic E-state index is -0.0672. The maximum atomic E-state index is 12.2. The molecule has 7 heteroatoms. The minimum absolute atomic E-state index is 0.00548. The highest BCUT2D eigenvalue weighted by molar-refractivity contribution is 7.14. The highest BCUT2D eigenvalue weighted by atomic mass is 32.1. The fraction of sp³-hybridized carbons (Fsp3) is 0.500. The first-order valence-electron chi connectivity index (χ1n) is 7.11. The SMILES string of the molecule is O=C(Nc1ccsc1-c1nc(C2CC2)no1)[C@@H]1CCOC1. The Balaban J connectivity index is 1.53. The first kappa shape index (κ1) is 13.0. The number of hydrogen-bond acceptors (Lipinski definition) is 6. The second-order valence-electron chi connectivity index (χ2n) is 5.45. The van der Waals surface area contributed by atoms with Gasteiger partial charge < -0.3 is 14.6 Å². The summed E-state index contributed by atoms with van der Waals surface area (Å²) in [5.41, 5.74) is 0.739. The molecule has 0 spiro atoms. The topological polar surface area (TPSA) is 77.3 Å². The van der Waals surface area contributed by atoms with E-state index in [1.165, 1.54) is 11.3 Å². The van der Waals surface area contributed by atoms with Crippen LogP contribution in [0.3, 0.4) is 0 Å². The molecule has 1 aliphatic heterocycles. The lowest BCUT2D eigenvalue weighted by Crippen LogP contribution is -2.22. The zero-order valence-corrected chi connectivity index (χ0v) is 12.2. The summed E-state index contributed by atoms with van der Waals surface area (Å²) in [6.07, 6.45) is 3.04. The second kappa shape index (κ2) is 5.23. The number of ether oxygens (including phenoxy) is 1. The molecule has 110 valence electrons. The zero-order chi connectivity index (χ0) is 14.2. The number of thiophene rings is 1. The van der Waals surface area contributed by atoms with E-state index in [1.54, 1.807) is 0 Å². The van der Waals surface area contributed by atoms with Crippen LogP contribution in [0.1, 0.15) is 31.0 Å². The van der Waals surface area contributed by atoms with Crippen molar-refractivity contribution in [3.8, 4) is 10.8 Å². The fourth-order valence-corrected chi connectivity index (χ4v) is 3.15. The van der Waals surface area contributed by atoms with Gasteiger partial charge in [-0.15, -0.1) is 11.3 Å². The molecule has 1 saturated heterocycles. The predicted molar refractivity (Wildman–Crippen MR) is 77.1 cm³/mol. The maximum absolute atomic E-state index is 12.2. The van der Waals surface area contributed by atoms with Gasteiger partial charge in [-0.05, 0) is 30.7 Å². The van der Waals surface area contributed by atoms with E-state index in [4.69, 9.17) is 9.26 Å². The normalized spacial score (nSPS) is 21.6. The van der Waals surface area contributed by atoms with E-state index < -0.39 is 0 Å². The van der Waals surface area contributed by atoms with Crippen LogP contribution in [0, 0.1) is 5.92 Å². The molecule has 2 aromatic rings. The van der Waals surface area contributed by atoms with E-state index in [0.29, 0.717) is 25.0 Å². The van der Waals surface area contributed by atoms with Crippen molar-refractivity contribution >= 4 is 22.9 Å². The molecule has 0 bridgehead atoms. The fourth-order valence-electron chi connectivity index (χ4n) is 2.38. The summed E-state index contributed by atoms with van der Waals surface area (Å²) < 4.78 is 10.6. The molecule has 0 aromatic carbocycles. The van der Waals surface area contributed by atoms with Gasteiger partial charge >= 0.3 is 0 Å². The van der Waals surface area contributed by atoms with E-state index in [-0.39, 0.29) is 11.8 Å². The van der Waals surface area contributed by atoms with Crippen LogP contribution in [0.15, 0.2) is 16.0 Å². The summed E-state index contributed by atoms with van der Waals surface area (Å²) in [5.74, 6) is 1.65. The first-order valence-corrected chi connectivity index (χ1v) is 7.99. The van der Waals surface area contributed by atoms with Crippen LogP contribution in [-0.4, -0.2) is 29.3 Å². The summed E-state index contributed by atoms with van der Waals surface area (Å²) in [7, 11) is 0. The van der Waals surface area contributed by atoms with Crippen molar-refractivity contribution in [1.29, 1.82) is 0 Å². The van der Waals surface area contributed by atoms with Crippen molar-refractivity contribution in [2.75, 3.05) is 18.5 Å². The number of nitrogens with one attached hydrogen (secondary N) is 1. The van der Waals surface area contributed by atoms with Crippen molar-refractivity contribution in [3.05, 3.63) is 17.3 Å². The number of nitrogens with zero attached hydrogens (tertiary/aromatic N) is 2. The lowest BCUT2D eigenvalue weighted by Gasteiger charge is -2.08. The Morgan fingerprint density at radius 3 is 3.05 bits per heavy atom. The van der Waals surface area contributed by atoms with E-state index >= 15 is 0 Å². The number of rotatable bonds is 4. The first-order chi connectivity index (χ1) is 10.3. The van der Waals surface area contributed by atoms with Crippen LogP contribution < -0.4 is 5.32 Å². The molecule has 2 fully saturated rings. The molecule has 3 heterocycles. The third-order valence-corrected chi connectivity index (χ3v) is 4.70. The monoisotopic (exact) mass is 305 g/mol. The van der Waals surface area contributed by atoms with Crippen LogP contribution in [0.2, 0.25) is 0 Å². The molecular formula is C14H15N3O3S. The molecule has 21 heavy (non-hydrogen) atoms. The Labute approximate surface area is 125 Å². The van der Waals surface area contributed by atoms with Gasteiger partial charge in [0.1, 0.15) is 4.88 Å². The van der Waals surface area contributed by atoms with Crippen LogP contribution >= 0.6 is 11.3 Å². The summed E-state index contributed by atoms with van der Waals surface area (Å²) in [4.78, 5) is 17.4. The summed E-state index contributed by atoms with van der Waals surface area (Å²) in [5, 5.41) is 8.88. The summed E-state index contributed by atoms with van der Waals surface area (Å²) >= 11 is 1.49. The Morgan fingerprint density at radius 1 is 1.38 bits per heavy atom. The number of aromatic nitrogens is 2. The standard InChI is InChI=1S/C14H15N3O3S/c18-13(9-3-5-19-7-9)15-10-4-6-21-11(10)14-16-12(17-20-14)8-1-2-8/h4,6,8-9H,1-3,5,7H2,(H,15,18)/t9-/m1/s1. The minimum Gasteiger partial charge on any atom is -0.381 e. The van der Waals surface area contributed by atoms with Gasteiger partial charge in [0, 0.05) is 12.5 Å². The van der Waals surface area contributed by atoms with Crippen LogP contribution in [0.4, 0.5) is 5.69 Å². The molecule has 1 amide bonds. The Hall–Kier alpha value is -1.73. The number of hydrogen-bond donors (Lipinski definition) is 1. The highest BCUT2D eigenvalue weighted by Crippen LogP contribution is 2.40. The molecule has 0 unspecified atom stereocenters. The molecule has 2 aliphatic rings. The van der Waals surface area contributed by atoms with Gasteiger partial charge in [0.2, 0.25) is 5.91 Å². The summed E-state index contributed by atoms with van der Waals surface area (Å²) in [6, 6.07) is 1.87. The molecule has 2 aromatic heterocycles. The van der Waals surface area contributed by atoms with Crippen molar-refractivity contribution in [3.63, 3.8) is 0 Å². The molecule has 1 saturated carbocycles. The average molecular weight is 305 g/mol. The number of anilines is 1. The molecule has 1 aliphatic carbocycles. The van der Waals surface area contributed by atoms with Crippen LogP contribution in [0.5, 0.6) is 0 Å². The van der Waals surface area contributed by atoms with E-state index in [1.807, 2.05) is 11.4 Å². The molecule has 6 nitrogen and oxygen atoms in total. The Kier molecular flexibility index (Phi) is 3.23. The lowest BCUT2D eigenvalue weighted by molar-refractivity contribution is -0.119. The molecule has 1 atom stereocenters. The van der Waals surface area contributed by atoms with Crippen molar-refractivity contribution < 1.29 is 14.1 Å². The number of amides is 1. The van der Waals surface area contributed by atoms with Crippen molar-refractivity contribution in [1.82, 2.24) is 10.1 Å². The average Bonchev–Trinajstić information content (AvgIpc) is 2.95. The third-order valence-electron chi connectivity index (χ3n) is 3.80. The van der Waals surface area contributed by atoms with Crippen molar-refractivity contribution in [2.45, 2.75) is 25.2 Å². The molecular weight excluding hydrogens is 290 g/mol. The Bertz CT molecular complexity index is 656. The second-order valence-corrected chi connectivity index (χ2v) is 6.36. The lowest BCUT2D eigenvalue weighted by atomic mass is 10.1.